The number of nitrogens with one attached hydrogen (secondary N) is 1. The van der Waals surface area contributed by atoms with E-state index in [1.54, 1.807) is 0 Å². The van der Waals surface area contributed by atoms with E-state index in [9.17, 15) is 0 Å². The lowest BCUT2D eigenvalue weighted by molar-refractivity contribution is 0.239. The quantitative estimate of drug-likeness (QED) is 0.863. The summed E-state index contributed by atoms with van der Waals surface area (Å²) in [5.41, 5.74) is 1.26. The fourth-order valence-electron chi connectivity index (χ4n) is 1.54. The zero-order valence-corrected chi connectivity index (χ0v) is 10.8. The van der Waals surface area contributed by atoms with E-state index in [0.29, 0.717) is 6.04 Å². The van der Waals surface area contributed by atoms with Crippen LogP contribution in [0.2, 0.25) is 0 Å². The van der Waals surface area contributed by atoms with Crippen LogP contribution in [0.4, 0.5) is 0 Å². The van der Waals surface area contributed by atoms with Crippen LogP contribution in [0.3, 0.4) is 0 Å². The van der Waals surface area contributed by atoms with Crippen molar-refractivity contribution in [1.82, 2.24) is 5.32 Å². The van der Waals surface area contributed by atoms with E-state index >= 15 is 0 Å². The summed E-state index contributed by atoms with van der Waals surface area (Å²) >= 11 is 3.42. The van der Waals surface area contributed by atoms with Crippen molar-refractivity contribution in [2.24, 2.45) is 0 Å². The molecule has 84 valence electrons. The van der Waals surface area contributed by atoms with Crippen molar-refractivity contribution in [1.29, 1.82) is 0 Å². The molecule has 15 heavy (non-hydrogen) atoms. The van der Waals surface area contributed by atoms with Crippen molar-refractivity contribution in [3.63, 3.8) is 0 Å². The summed E-state index contributed by atoms with van der Waals surface area (Å²) in [6, 6.07) is 8.76. The van der Waals surface area contributed by atoms with Gasteiger partial charge in [0.1, 0.15) is 0 Å². The number of benzene rings is 1. The molecule has 1 aromatic rings. The molecule has 0 aliphatic rings. The first-order valence-electron chi connectivity index (χ1n) is 5.29. The van der Waals surface area contributed by atoms with E-state index in [0.717, 1.165) is 10.9 Å². The summed E-state index contributed by atoms with van der Waals surface area (Å²) in [5.74, 6) is 0. The number of hydrogen-bond donors (Lipinski definition) is 2. The second-order valence-electron chi connectivity index (χ2n) is 3.76. The average Bonchev–Trinajstić information content (AvgIpc) is 2.27. The molecule has 0 bridgehead atoms. The Labute approximate surface area is 99.8 Å². The van der Waals surface area contributed by atoms with Gasteiger partial charge in [0.2, 0.25) is 0 Å². The number of aliphatic hydroxyl groups excluding tert-OH is 1. The van der Waals surface area contributed by atoms with Crippen LogP contribution in [-0.2, 0) is 0 Å². The summed E-state index contributed by atoms with van der Waals surface area (Å²) < 4.78 is 1.09. The molecule has 0 aromatic heterocycles. The van der Waals surface area contributed by atoms with Gasteiger partial charge in [-0.05, 0) is 31.0 Å². The SMILES string of the molecule is CC[C@H](N[C@H](C)CO)c1ccc(Br)cc1. The molecule has 0 unspecified atom stereocenters. The molecule has 0 aliphatic heterocycles. The van der Waals surface area contributed by atoms with Gasteiger partial charge in [-0.2, -0.15) is 0 Å². The molecule has 2 N–H and O–H groups in total. The average molecular weight is 272 g/mol. The van der Waals surface area contributed by atoms with Gasteiger partial charge in [-0.3, -0.25) is 0 Å². The third-order valence-electron chi connectivity index (χ3n) is 2.44. The minimum Gasteiger partial charge on any atom is -0.395 e. The molecule has 0 fully saturated rings. The molecule has 0 aliphatic carbocycles. The molecule has 2 nitrogen and oxygen atoms in total. The molecule has 0 saturated heterocycles. The van der Waals surface area contributed by atoms with Crippen LogP contribution in [0.25, 0.3) is 0 Å². The first kappa shape index (κ1) is 12.7. The van der Waals surface area contributed by atoms with Crippen molar-refractivity contribution in [3.05, 3.63) is 34.3 Å². The molecule has 0 saturated carbocycles. The molecule has 0 radical (unpaired) electrons. The molecule has 0 spiro atoms. The lowest BCUT2D eigenvalue weighted by Crippen LogP contribution is -2.32. The fraction of sp³-hybridized carbons (Fsp3) is 0.500. The Balaban J connectivity index is 2.69. The van der Waals surface area contributed by atoms with Gasteiger partial charge >= 0.3 is 0 Å². The van der Waals surface area contributed by atoms with E-state index in [4.69, 9.17) is 5.11 Å². The topological polar surface area (TPSA) is 32.3 Å². The molecule has 0 amide bonds. The highest BCUT2D eigenvalue weighted by atomic mass is 79.9. The maximum absolute atomic E-state index is 9.00. The Bertz CT molecular complexity index is 286. The van der Waals surface area contributed by atoms with Crippen LogP contribution in [0, 0.1) is 0 Å². The monoisotopic (exact) mass is 271 g/mol. The maximum Gasteiger partial charge on any atom is 0.0582 e. The highest BCUT2D eigenvalue weighted by Gasteiger charge is 2.11. The minimum absolute atomic E-state index is 0.138. The van der Waals surface area contributed by atoms with Crippen molar-refractivity contribution in [3.8, 4) is 0 Å². The number of rotatable bonds is 5. The molecule has 3 heteroatoms. The standard InChI is InChI=1S/C12H18BrNO/c1-3-12(14-9(2)8-15)10-4-6-11(13)7-5-10/h4-7,9,12,14-15H,3,8H2,1-2H3/t9-,12+/m1/s1. The van der Waals surface area contributed by atoms with E-state index in [-0.39, 0.29) is 12.6 Å². The Morgan fingerprint density at radius 2 is 1.93 bits per heavy atom. The molecular formula is C12H18BrNO. The van der Waals surface area contributed by atoms with E-state index in [1.807, 2.05) is 19.1 Å². The zero-order chi connectivity index (χ0) is 11.3. The fourth-order valence-corrected chi connectivity index (χ4v) is 1.81. The van der Waals surface area contributed by atoms with Crippen LogP contribution in [0.1, 0.15) is 31.9 Å². The Morgan fingerprint density at radius 1 is 1.33 bits per heavy atom. The first-order chi connectivity index (χ1) is 7.17. The molecule has 0 heterocycles. The maximum atomic E-state index is 9.00. The summed E-state index contributed by atoms with van der Waals surface area (Å²) in [5, 5.41) is 12.4. The van der Waals surface area contributed by atoms with Gasteiger partial charge in [-0.25, -0.2) is 0 Å². The van der Waals surface area contributed by atoms with Crippen LogP contribution in [0.15, 0.2) is 28.7 Å². The van der Waals surface area contributed by atoms with Crippen LogP contribution < -0.4 is 5.32 Å². The smallest absolute Gasteiger partial charge is 0.0582 e. The molecule has 2 atom stereocenters. The molecular weight excluding hydrogens is 254 g/mol. The zero-order valence-electron chi connectivity index (χ0n) is 9.20. The van der Waals surface area contributed by atoms with E-state index < -0.39 is 0 Å². The molecule has 1 rings (SSSR count). The van der Waals surface area contributed by atoms with Crippen LogP contribution in [-0.4, -0.2) is 17.8 Å². The third-order valence-corrected chi connectivity index (χ3v) is 2.97. The van der Waals surface area contributed by atoms with Crippen molar-refractivity contribution >= 4 is 15.9 Å². The normalized spacial score (nSPS) is 14.9. The Morgan fingerprint density at radius 3 is 2.40 bits per heavy atom. The summed E-state index contributed by atoms with van der Waals surface area (Å²) in [4.78, 5) is 0. The Hall–Kier alpha value is -0.380. The summed E-state index contributed by atoms with van der Waals surface area (Å²) in [7, 11) is 0. The van der Waals surface area contributed by atoms with Crippen LogP contribution >= 0.6 is 15.9 Å². The van der Waals surface area contributed by atoms with Gasteiger partial charge in [0.05, 0.1) is 6.61 Å². The van der Waals surface area contributed by atoms with Crippen molar-refractivity contribution in [2.75, 3.05) is 6.61 Å². The summed E-state index contributed by atoms with van der Waals surface area (Å²) in [6.45, 7) is 4.30. The second-order valence-corrected chi connectivity index (χ2v) is 4.68. The van der Waals surface area contributed by atoms with Crippen molar-refractivity contribution < 1.29 is 5.11 Å². The van der Waals surface area contributed by atoms with Gasteiger partial charge in [-0.15, -0.1) is 0 Å². The minimum atomic E-state index is 0.138. The number of aliphatic hydroxyl groups is 1. The van der Waals surface area contributed by atoms with Crippen LogP contribution in [0.5, 0.6) is 0 Å². The lowest BCUT2D eigenvalue weighted by atomic mass is 10.0. The van der Waals surface area contributed by atoms with E-state index in [1.165, 1.54) is 5.56 Å². The highest BCUT2D eigenvalue weighted by molar-refractivity contribution is 9.10. The predicted molar refractivity (Wildman–Crippen MR) is 66.9 cm³/mol. The van der Waals surface area contributed by atoms with E-state index in [2.05, 4.69) is 40.3 Å². The van der Waals surface area contributed by atoms with Crippen molar-refractivity contribution in [2.45, 2.75) is 32.4 Å². The number of halogens is 1. The molecule has 1 aromatic carbocycles. The third kappa shape index (κ3) is 3.93. The van der Waals surface area contributed by atoms with Gasteiger partial charge in [0.25, 0.3) is 0 Å². The van der Waals surface area contributed by atoms with Gasteiger partial charge in [0.15, 0.2) is 0 Å². The second kappa shape index (κ2) is 6.26. The van der Waals surface area contributed by atoms with Gasteiger partial charge in [0, 0.05) is 16.6 Å². The number of hydrogen-bond acceptors (Lipinski definition) is 2. The van der Waals surface area contributed by atoms with Gasteiger partial charge < -0.3 is 10.4 Å². The highest BCUT2D eigenvalue weighted by Crippen LogP contribution is 2.19. The van der Waals surface area contributed by atoms with Gasteiger partial charge in [-0.1, -0.05) is 35.0 Å². The first-order valence-corrected chi connectivity index (χ1v) is 6.09. The lowest BCUT2D eigenvalue weighted by Gasteiger charge is -2.21. The summed E-state index contributed by atoms with van der Waals surface area (Å²) in [6.07, 6.45) is 1.02. The predicted octanol–water partition coefficient (Wildman–Crippen LogP) is 2.87. The Kier molecular flexibility index (Phi) is 5.29. The largest absolute Gasteiger partial charge is 0.395 e.